The molecule has 154 valence electrons. The van der Waals surface area contributed by atoms with Gasteiger partial charge in [0.2, 0.25) is 0 Å². The molecule has 0 atom stereocenters. The molecule has 4 aromatic carbocycles. The number of benzene rings is 4. The number of nitriles is 1. The van der Waals surface area contributed by atoms with Crippen molar-refractivity contribution in [2.75, 3.05) is 4.90 Å². The highest BCUT2D eigenvalue weighted by Crippen LogP contribution is 2.34. The second kappa shape index (κ2) is 9.41. The minimum atomic E-state index is -0.455. The number of allylic oxidation sites excluding steroid dienone is 1. The highest BCUT2D eigenvalue weighted by molar-refractivity contribution is 5.90. The molecule has 0 amide bonds. The number of nitrogens with zero attached hydrogens (tertiary/aromatic N) is 3. The highest BCUT2D eigenvalue weighted by Gasteiger charge is 2.12. The third-order valence-corrected chi connectivity index (χ3v) is 5.00. The molecule has 32 heavy (non-hydrogen) atoms. The zero-order valence-corrected chi connectivity index (χ0v) is 17.1. The van der Waals surface area contributed by atoms with Crippen LogP contribution in [0.25, 0.3) is 11.6 Å². The summed E-state index contributed by atoms with van der Waals surface area (Å²) in [6, 6.07) is 36.3. The Labute approximate surface area is 186 Å². The zero-order valence-electron chi connectivity index (χ0n) is 17.1. The number of nitro groups is 1. The maximum absolute atomic E-state index is 10.9. The van der Waals surface area contributed by atoms with Gasteiger partial charge in [0, 0.05) is 29.2 Å². The van der Waals surface area contributed by atoms with Gasteiger partial charge in [-0.15, -0.1) is 0 Å². The predicted octanol–water partition coefficient (Wildman–Crippen LogP) is 7.13. The number of hydrogen-bond acceptors (Lipinski definition) is 4. The van der Waals surface area contributed by atoms with Crippen LogP contribution in [0.15, 0.2) is 109 Å². The molecule has 0 radical (unpaired) electrons. The van der Waals surface area contributed by atoms with Crippen LogP contribution in [-0.2, 0) is 0 Å². The smallest absolute Gasteiger partial charge is 0.269 e. The summed E-state index contributed by atoms with van der Waals surface area (Å²) in [4.78, 5) is 12.6. The van der Waals surface area contributed by atoms with E-state index in [9.17, 15) is 15.4 Å². The summed E-state index contributed by atoms with van der Waals surface area (Å²) in [5.74, 6) is 0. The molecule has 0 heterocycles. The fraction of sp³-hybridized carbons (Fsp3) is 0. The third-order valence-electron chi connectivity index (χ3n) is 5.00. The van der Waals surface area contributed by atoms with E-state index >= 15 is 0 Å². The van der Waals surface area contributed by atoms with Crippen molar-refractivity contribution in [3.8, 4) is 6.07 Å². The van der Waals surface area contributed by atoms with E-state index in [0.717, 1.165) is 22.6 Å². The molecule has 0 unspecified atom stereocenters. The molecule has 4 rings (SSSR count). The van der Waals surface area contributed by atoms with Crippen molar-refractivity contribution < 1.29 is 4.92 Å². The Morgan fingerprint density at radius 3 is 1.72 bits per heavy atom. The van der Waals surface area contributed by atoms with Gasteiger partial charge in [-0.05, 0) is 65.7 Å². The molecule has 0 aliphatic carbocycles. The standard InChI is InChI=1S/C27H19N3O2/c28-20-23(22-13-17-27(18-14-22)30(31)32)19-21-11-15-26(16-12-21)29(24-7-3-1-4-8-24)25-9-5-2-6-10-25/h1-19H/b23-19-. The second-order valence-electron chi connectivity index (χ2n) is 7.07. The summed E-state index contributed by atoms with van der Waals surface area (Å²) in [5.41, 5.74) is 5.03. The van der Waals surface area contributed by atoms with Gasteiger partial charge in [0.1, 0.15) is 0 Å². The number of anilines is 3. The summed E-state index contributed by atoms with van der Waals surface area (Å²) in [5, 5.41) is 20.5. The highest BCUT2D eigenvalue weighted by atomic mass is 16.6. The Hall–Kier alpha value is -4.69. The molecule has 0 fully saturated rings. The molecule has 0 saturated carbocycles. The number of nitro benzene ring substituents is 1. The number of hydrogen-bond donors (Lipinski definition) is 0. The van der Waals surface area contributed by atoms with Crippen molar-refractivity contribution in [1.82, 2.24) is 0 Å². The fourth-order valence-electron chi connectivity index (χ4n) is 3.43. The quantitative estimate of drug-likeness (QED) is 0.145. The molecule has 5 heteroatoms. The predicted molar refractivity (Wildman–Crippen MR) is 128 cm³/mol. The minimum Gasteiger partial charge on any atom is -0.311 e. The maximum Gasteiger partial charge on any atom is 0.269 e. The molecule has 0 N–H and O–H groups in total. The monoisotopic (exact) mass is 417 g/mol. The van der Waals surface area contributed by atoms with Gasteiger partial charge in [0.05, 0.1) is 16.6 Å². The van der Waals surface area contributed by atoms with E-state index in [1.165, 1.54) is 12.1 Å². The molecule has 0 aromatic heterocycles. The van der Waals surface area contributed by atoms with Gasteiger partial charge < -0.3 is 4.90 Å². The average Bonchev–Trinajstić information content (AvgIpc) is 2.85. The summed E-state index contributed by atoms with van der Waals surface area (Å²) in [6.45, 7) is 0. The summed E-state index contributed by atoms with van der Waals surface area (Å²) >= 11 is 0. The van der Waals surface area contributed by atoms with Crippen LogP contribution in [0.5, 0.6) is 0 Å². The maximum atomic E-state index is 10.9. The van der Waals surface area contributed by atoms with E-state index < -0.39 is 4.92 Å². The SMILES string of the molecule is N#C/C(=C/c1ccc(N(c2ccccc2)c2ccccc2)cc1)c1ccc([N+](=O)[O-])cc1. The first kappa shape index (κ1) is 20.6. The lowest BCUT2D eigenvalue weighted by atomic mass is 10.0. The Morgan fingerprint density at radius 1 is 0.750 bits per heavy atom. The molecule has 4 aromatic rings. The molecular weight excluding hydrogens is 398 g/mol. The van der Waals surface area contributed by atoms with Gasteiger partial charge in [0.25, 0.3) is 5.69 Å². The van der Waals surface area contributed by atoms with Crippen molar-refractivity contribution in [2.45, 2.75) is 0 Å². The summed E-state index contributed by atoms with van der Waals surface area (Å²) in [6.07, 6.45) is 1.78. The van der Waals surface area contributed by atoms with Crippen molar-refractivity contribution in [1.29, 1.82) is 5.26 Å². The van der Waals surface area contributed by atoms with E-state index in [0.29, 0.717) is 11.1 Å². The molecule has 0 aliphatic rings. The molecule has 0 aliphatic heterocycles. The van der Waals surface area contributed by atoms with Gasteiger partial charge in [-0.1, -0.05) is 48.5 Å². The van der Waals surface area contributed by atoms with E-state index in [1.807, 2.05) is 60.7 Å². The van der Waals surface area contributed by atoms with Crippen molar-refractivity contribution in [3.63, 3.8) is 0 Å². The number of rotatable bonds is 6. The van der Waals surface area contributed by atoms with Gasteiger partial charge in [-0.3, -0.25) is 10.1 Å². The van der Waals surface area contributed by atoms with E-state index in [1.54, 1.807) is 18.2 Å². The molecule has 0 spiro atoms. The van der Waals surface area contributed by atoms with Crippen molar-refractivity contribution in [2.24, 2.45) is 0 Å². The van der Waals surface area contributed by atoms with E-state index in [-0.39, 0.29) is 5.69 Å². The van der Waals surface area contributed by atoms with Crippen molar-refractivity contribution in [3.05, 3.63) is 130 Å². The summed E-state index contributed by atoms with van der Waals surface area (Å²) < 4.78 is 0. The normalized spacial score (nSPS) is 10.9. The molecule has 0 bridgehead atoms. The van der Waals surface area contributed by atoms with Crippen LogP contribution in [0.4, 0.5) is 22.7 Å². The van der Waals surface area contributed by atoms with Crippen LogP contribution in [-0.4, -0.2) is 4.92 Å². The lowest BCUT2D eigenvalue weighted by Gasteiger charge is -2.25. The second-order valence-corrected chi connectivity index (χ2v) is 7.07. The first-order valence-electron chi connectivity index (χ1n) is 10.0. The average molecular weight is 417 g/mol. The minimum absolute atomic E-state index is 0.00249. The first-order valence-corrected chi connectivity index (χ1v) is 10.0. The van der Waals surface area contributed by atoms with E-state index in [4.69, 9.17) is 0 Å². The van der Waals surface area contributed by atoms with Crippen LogP contribution in [0.1, 0.15) is 11.1 Å². The number of non-ortho nitro benzene ring substituents is 1. The van der Waals surface area contributed by atoms with Crippen molar-refractivity contribution >= 4 is 34.4 Å². The van der Waals surface area contributed by atoms with Crippen LogP contribution >= 0.6 is 0 Å². The van der Waals surface area contributed by atoms with Crippen LogP contribution < -0.4 is 4.90 Å². The summed E-state index contributed by atoms with van der Waals surface area (Å²) in [7, 11) is 0. The lowest BCUT2D eigenvalue weighted by molar-refractivity contribution is -0.384. The number of para-hydroxylation sites is 2. The van der Waals surface area contributed by atoms with Gasteiger partial charge in [0.15, 0.2) is 0 Å². The molecule has 5 nitrogen and oxygen atoms in total. The Bertz CT molecular complexity index is 1240. The lowest BCUT2D eigenvalue weighted by Crippen LogP contribution is -2.09. The van der Waals surface area contributed by atoms with Gasteiger partial charge in [-0.25, -0.2) is 0 Å². The Kier molecular flexibility index (Phi) is 6.05. The third kappa shape index (κ3) is 4.55. The fourth-order valence-corrected chi connectivity index (χ4v) is 3.43. The molecular formula is C27H19N3O2. The van der Waals surface area contributed by atoms with Crippen LogP contribution in [0.3, 0.4) is 0 Å². The van der Waals surface area contributed by atoms with Gasteiger partial charge >= 0.3 is 0 Å². The first-order chi connectivity index (χ1) is 15.7. The largest absolute Gasteiger partial charge is 0.311 e. The Balaban J connectivity index is 1.66. The Morgan fingerprint density at radius 2 is 1.25 bits per heavy atom. The van der Waals surface area contributed by atoms with Crippen LogP contribution in [0, 0.1) is 21.4 Å². The molecule has 0 saturated heterocycles. The van der Waals surface area contributed by atoms with Crippen LogP contribution in [0.2, 0.25) is 0 Å². The van der Waals surface area contributed by atoms with Gasteiger partial charge in [-0.2, -0.15) is 5.26 Å². The topological polar surface area (TPSA) is 70.2 Å². The van der Waals surface area contributed by atoms with E-state index in [2.05, 4.69) is 35.2 Å². The zero-order chi connectivity index (χ0) is 22.3.